The Kier molecular flexibility index (Phi) is 6.81. The van der Waals surface area contributed by atoms with Gasteiger partial charge in [0.1, 0.15) is 5.75 Å². The van der Waals surface area contributed by atoms with Gasteiger partial charge in [-0.1, -0.05) is 87.5 Å². The fourth-order valence-corrected chi connectivity index (χ4v) is 3.11. The number of phenols is 1. The van der Waals surface area contributed by atoms with Crippen molar-refractivity contribution in [3.05, 3.63) is 78.4 Å². The summed E-state index contributed by atoms with van der Waals surface area (Å²) in [6.45, 7) is 6.43. The SMILES string of the molecule is CC(C)(C)c1c(O)ccc(-c2ccccc2)c1-c1ccccc1.O=P(O)(O)O. The molecule has 0 aliphatic carbocycles. The van der Waals surface area contributed by atoms with Crippen molar-refractivity contribution in [2.45, 2.75) is 26.2 Å². The van der Waals surface area contributed by atoms with Gasteiger partial charge in [-0.15, -0.1) is 0 Å². The first-order valence-electron chi connectivity index (χ1n) is 8.74. The largest absolute Gasteiger partial charge is 0.508 e. The third-order valence-electron chi connectivity index (χ3n) is 4.08. The maximum Gasteiger partial charge on any atom is 0.466 e. The third kappa shape index (κ3) is 6.04. The van der Waals surface area contributed by atoms with Crippen molar-refractivity contribution in [3.8, 4) is 28.0 Å². The number of benzene rings is 3. The lowest BCUT2D eigenvalue weighted by molar-refractivity contribution is 0.275. The molecule has 3 aromatic carbocycles. The number of hydrogen-bond donors (Lipinski definition) is 4. The Morgan fingerprint density at radius 2 is 1.14 bits per heavy atom. The van der Waals surface area contributed by atoms with Crippen molar-refractivity contribution in [2.75, 3.05) is 0 Å². The molecule has 3 aromatic rings. The van der Waals surface area contributed by atoms with Crippen molar-refractivity contribution >= 4 is 7.82 Å². The highest BCUT2D eigenvalue weighted by atomic mass is 31.2. The van der Waals surface area contributed by atoms with Gasteiger partial charge in [-0.3, -0.25) is 0 Å². The molecule has 0 spiro atoms. The van der Waals surface area contributed by atoms with Gasteiger partial charge in [0.25, 0.3) is 0 Å². The molecule has 0 amide bonds. The highest BCUT2D eigenvalue weighted by Gasteiger charge is 2.25. The Labute approximate surface area is 165 Å². The van der Waals surface area contributed by atoms with Gasteiger partial charge >= 0.3 is 7.82 Å². The first-order chi connectivity index (χ1) is 13.0. The van der Waals surface area contributed by atoms with Crippen LogP contribution in [0.1, 0.15) is 26.3 Å². The summed E-state index contributed by atoms with van der Waals surface area (Å²) in [4.78, 5) is 21.6. The van der Waals surface area contributed by atoms with Crippen molar-refractivity contribution < 1.29 is 24.4 Å². The molecule has 0 bridgehead atoms. The summed E-state index contributed by atoms with van der Waals surface area (Å²) in [6, 6.07) is 24.5. The van der Waals surface area contributed by atoms with Crippen LogP contribution < -0.4 is 0 Å². The van der Waals surface area contributed by atoms with Crippen LogP contribution >= 0.6 is 7.82 Å². The molecule has 5 nitrogen and oxygen atoms in total. The van der Waals surface area contributed by atoms with Crippen molar-refractivity contribution in [1.82, 2.24) is 0 Å². The smallest absolute Gasteiger partial charge is 0.466 e. The molecule has 0 aliphatic heterocycles. The van der Waals surface area contributed by atoms with Gasteiger partial charge in [0.2, 0.25) is 0 Å². The van der Waals surface area contributed by atoms with E-state index in [0.29, 0.717) is 5.75 Å². The van der Waals surface area contributed by atoms with Crippen LogP contribution in [0.4, 0.5) is 0 Å². The molecule has 4 N–H and O–H groups in total. The van der Waals surface area contributed by atoms with Crippen LogP contribution in [0, 0.1) is 0 Å². The van der Waals surface area contributed by atoms with Gasteiger partial charge in [-0.2, -0.15) is 0 Å². The minimum atomic E-state index is -4.64. The van der Waals surface area contributed by atoms with Crippen molar-refractivity contribution in [2.24, 2.45) is 0 Å². The Balaban J connectivity index is 0.000000500. The summed E-state index contributed by atoms with van der Waals surface area (Å²) in [7, 11) is -4.64. The molecule has 3 rings (SSSR count). The second-order valence-electron chi connectivity index (χ2n) is 7.38. The first kappa shape index (κ1) is 21.9. The quantitative estimate of drug-likeness (QED) is 0.449. The molecule has 28 heavy (non-hydrogen) atoms. The maximum atomic E-state index is 10.6. The van der Waals surface area contributed by atoms with Gasteiger partial charge in [0, 0.05) is 5.56 Å². The monoisotopic (exact) mass is 400 g/mol. The van der Waals surface area contributed by atoms with Crippen LogP contribution in [0.2, 0.25) is 0 Å². The van der Waals surface area contributed by atoms with E-state index in [0.717, 1.165) is 27.8 Å². The zero-order chi connectivity index (χ0) is 20.9. The molecule has 0 heterocycles. The predicted molar refractivity (Wildman–Crippen MR) is 112 cm³/mol. The molecule has 0 aliphatic rings. The normalized spacial score (nSPS) is 11.5. The van der Waals surface area contributed by atoms with Gasteiger partial charge < -0.3 is 19.8 Å². The number of phosphoric acid groups is 1. The summed E-state index contributed by atoms with van der Waals surface area (Å²) < 4.78 is 8.88. The highest BCUT2D eigenvalue weighted by molar-refractivity contribution is 7.45. The Bertz CT molecular complexity index is 949. The van der Waals surface area contributed by atoms with E-state index in [1.807, 2.05) is 48.5 Å². The van der Waals surface area contributed by atoms with Crippen LogP contribution in [-0.2, 0) is 9.98 Å². The first-order valence-corrected chi connectivity index (χ1v) is 10.3. The minimum Gasteiger partial charge on any atom is -0.508 e. The van der Waals surface area contributed by atoms with E-state index in [4.69, 9.17) is 19.2 Å². The van der Waals surface area contributed by atoms with Crippen molar-refractivity contribution in [1.29, 1.82) is 0 Å². The molecule has 0 atom stereocenters. The maximum absolute atomic E-state index is 10.6. The standard InChI is InChI=1S/C22H22O.H3O4P/c1-22(2,3)21-19(23)15-14-18(16-10-6-4-7-11-16)20(21)17-12-8-5-9-13-17;1-5(2,3)4/h4-15,23H,1-3H3;(H3,1,2,3,4). The highest BCUT2D eigenvalue weighted by Crippen LogP contribution is 2.44. The van der Waals surface area contributed by atoms with Crippen LogP contribution in [0.15, 0.2) is 72.8 Å². The van der Waals surface area contributed by atoms with E-state index in [1.165, 1.54) is 0 Å². The zero-order valence-electron chi connectivity index (χ0n) is 16.1. The van der Waals surface area contributed by atoms with E-state index in [2.05, 4.69) is 45.0 Å². The number of phenolic OH excluding ortho intramolecular Hbond substituents is 1. The summed E-state index contributed by atoms with van der Waals surface area (Å²) in [5, 5.41) is 10.6. The molecule has 6 heteroatoms. The molecule has 0 saturated carbocycles. The second kappa shape index (κ2) is 8.72. The molecule has 148 valence electrons. The van der Waals surface area contributed by atoms with Gasteiger partial charge in [-0.25, -0.2) is 4.57 Å². The summed E-state index contributed by atoms with van der Waals surface area (Å²) >= 11 is 0. The number of rotatable bonds is 2. The van der Waals surface area contributed by atoms with Crippen LogP contribution in [0.3, 0.4) is 0 Å². The lowest BCUT2D eigenvalue weighted by Gasteiger charge is -2.26. The average Bonchev–Trinajstić information content (AvgIpc) is 2.60. The second-order valence-corrected chi connectivity index (χ2v) is 8.40. The minimum absolute atomic E-state index is 0.153. The topological polar surface area (TPSA) is 98.0 Å². The Hall–Kier alpha value is -2.43. The van der Waals surface area contributed by atoms with Gasteiger partial charge in [-0.05, 0) is 33.7 Å². The average molecular weight is 400 g/mol. The van der Waals surface area contributed by atoms with E-state index >= 15 is 0 Å². The molecule has 0 saturated heterocycles. The van der Waals surface area contributed by atoms with Crippen LogP contribution in [0.5, 0.6) is 5.75 Å². The lowest BCUT2D eigenvalue weighted by Crippen LogP contribution is -2.14. The summed E-state index contributed by atoms with van der Waals surface area (Å²) in [5.74, 6) is 0.357. The summed E-state index contributed by atoms with van der Waals surface area (Å²) in [6.07, 6.45) is 0. The molecule has 0 fully saturated rings. The Morgan fingerprint density at radius 1 is 0.714 bits per heavy atom. The van der Waals surface area contributed by atoms with Gasteiger partial charge in [0.05, 0.1) is 0 Å². The zero-order valence-corrected chi connectivity index (χ0v) is 17.0. The lowest BCUT2D eigenvalue weighted by atomic mass is 9.78. The molecule has 0 unspecified atom stereocenters. The van der Waals surface area contributed by atoms with E-state index < -0.39 is 7.82 Å². The Morgan fingerprint density at radius 3 is 1.57 bits per heavy atom. The third-order valence-corrected chi connectivity index (χ3v) is 4.08. The molecular weight excluding hydrogens is 375 g/mol. The fourth-order valence-electron chi connectivity index (χ4n) is 3.11. The van der Waals surface area contributed by atoms with E-state index in [9.17, 15) is 5.11 Å². The van der Waals surface area contributed by atoms with Crippen molar-refractivity contribution in [3.63, 3.8) is 0 Å². The molecule has 0 radical (unpaired) electrons. The van der Waals surface area contributed by atoms with E-state index in [-0.39, 0.29) is 5.41 Å². The molecular formula is C22H25O5P. The fraction of sp³-hybridized carbons (Fsp3) is 0.182. The summed E-state index contributed by atoms with van der Waals surface area (Å²) in [5.41, 5.74) is 5.40. The number of aromatic hydroxyl groups is 1. The van der Waals surface area contributed by atoms with Gasteiger partial charge in [0.15, 0.2) is 0 Å². The predicted octanol–water partition coefficient (Wildman–Crippen LogP) is 5.10. The number of hydrogen-bond acceptors (Lipinski definition) is 2. The van der Waals surface area contributed by atoms with Crippen LogP contribution in [0.25, 0.3) is 22.3 Å². The van der Waals surface area contributed by atoms with Crippen LogP contribution in [-0.4, -0.2) is 19.8 Å². The molecule has 0 aromatic heterocycles. The van der Waals surface area contributed by atoms with E-state index in [1.54, 1.807) is 0 Å².